The second-order valence-electron chi connectivity index (χ2n) is 5.53. The van der Waals surface area contributed by atoms with E-state index in [0.29, 0.717) is 21.8 Å². The highest BCUT2D eigenvalue weighted by molar-refractivity contribution is 7.88. The zero-order valence-electron chi connectivity index (χ0n) is 12.4. The standard InChI is InChI=1S/C15H16ClFN2O2S/c1-15(2,19-22(3,20)21)12-8-9-18-14(13(12)16)10-4-6-11(17)7-5-10/h4-9,19H,1-3H3. The van der Waals surface area contributed by atoms with E-state index in [4.69, 9.17) is 11.6 Å². The first kappa shape index (κ1) is 16.9. The molecule has 0 bridgehead atoms. The van der Waals surface area contributed by atoms with Crippen LogP contribution in [0.5, 0.6) is 0 Å². The molecule has 4 nitrogen and oxygen atoms in total. The molecule has 0 aliphatic heterocycles. The van der Waals surface area contributed by atoms with Gasteiger partial charge in [-0.3, -0.25) is 4.98 Å². The smallest absolute Gasteiger partial charge is 0.209 e. The van der Waals surface area contributed by atoms with Gasteiger partial charge in [-0.1, -0.05) is 11.6 Å². The van der Waals surface area contributed by atoms with Crippen LogP contribution in [0.1, 0.15) is 19.4 Å². The summed E-state index contributed by atoms with van der Waals surface area (Å²) in [7, 11) is -3.41. The monoisotopic (exact) mass is 342 g/mol. The number of sulfonamides is 1. The van der Waals surface area contributed by atoms with E-state index >= 15 is 0 Å². The van der Waals surface area contributed by atoms with E-state index in [1.807, 2.05) is 0 Å². The van der Waals surface area contributed by atoms with Gasteiger partial charge in [-0.15, -0.1) is 0 Å². The molecule has 0 amide bonds. The molecule has 1 heterocycles. The van der Waals surface area contributed by atoms with Crippen molar-refractivity contribution in [3.05, 3.63) is 52.9 Å². The number of pyridine rings is 1. The van der Waals surface area contributed by atoms with Crippen molar-refractivity contribution in [3.63, 3.8) is 0 Å². The maximum Gasteiger partial charge on any atom is 0.209 e. The summed E-state index contributed by atoms with van der Waals surface area (Å²) in [6, 6.07) is 7.45. The van der Waals surface area contributed by atoms with Crippen molar-refractivity contribution in [2.75, 3.05) is 6.26 Å². The average molecular weight is 343 g/mol. The predicted molar refractivity (Wildman–Crippen MR) is 85.6 cm³/mol. The van der Waals surface area contributed by atoms with Crippen LogP contribution < -0.4 is 4.72 Å². The topological polar surface area (TPSA) is 59.1 Å². The van der Waals surface area contributed by atoms with Gasteiger partial charge in [-0.25, -0.2) is 17.5 Å². The molecular weight excluding hydrogens is 327 g/mol. The molecular formula is C15H16ClFN2O2S. The molecule has 0 saturated heterocycles. The molecule has 7 heteroatoms. The third-order valence-electron chi connectivity index (χ3n) is 3.12. The molecule has 22 heavy (non-hydrogen) atoms. The quantitative estimate of drug-likeness (QED) is 0.927. The third-order valence-corrected chi connectivity index (χ3v) is 4.38. The van der Waals surface area contributed by atoms with Crippen LogP contribution in [0, 0.1) is 5.82 Å². The fraction of sp³-hybridized carbons (Fsp3) is 0.267. The van der Waals surface area contributed by atoms with Gasteiger partial charge in [-0.05, 0) is 49.7 Å². The normalized spacial score (nSPS) is 12.4. The lowest BCUT2D eigenvalue weighted by molar-refractivity contribution is 0.475. The Kier molecular flexibility index (Phi) is 4.56. The van der Waals surface area contributed by atoms with Crippen molar-refractivity contribution in [3.8, 4) is 11.3 Å². The fourth-order valence-electron chi connectivity index (χ4n) is 2.25. The second kappa shape index (κ2) is 5.95. The van der Waals surface area contributed by atoms with Crippen LogP contribution in [0.15, 0.2) is 36.5 Å². The summed E-state index contributed by atoms with van der Waals surface area (Å²) in [5, 5.41) is 0.329. The molecule has 2 rings (SSSR count). The van der Waals surface area contributed by atoms with Gasteiger partial charge in [0.1, 0.15) is 5.82 Å². The molecule has 2 aromatic rings. The highest BCUT2D eigenvalue weighted by atomic mass is 35.5. The second-order valence-corrected chi connectivity index (χ2v) is 7.65. The van der Waals surface area contributed by atoms with Crippen molar-refractivity contribution in [1.29, 1.82) is 0 Å². The molecule has 0 unspecified atom stereocenters. The minimum Gasteiger partial charge on any atom is -0.255 e. The Morgan fingerprint density at radius 3 is 2.32 bits per heavy atom. The van der Waals surface area contributed by atoms with Crippen LogP contribution in [0.2, 0.25) is 5.02 Å². The van der Waals surface area contributed by atoms with E-state index in [2.05, 4.69) is 9.71 Å². The van der Waals surface area contributed by atoms with Crippen LogP contribution in [0.4, 0.5) is 4.39 Å². The van der Waals surface area contributed by atoms with E-state index in [-0.39, 0.29) is 5.82 Å². The van der Waals surface area contributed by atoms with E-state index < -0.39 is 15.6 Å². The number of hydrogen-bond donors (Lipinski definition) is 1. The maximum absolute atomic E-state index is 13.0. The van der Waals surface area contributed by atoms with Gasteiger partial charge >= 0.3 is 0 Å². The Bertz CT molecular complexity index is 790. The Balaban J connectivity index is 2.52. The lowest BCUT2D eigenvalue weighted by Crippen LogP contribution is -2.40. The van der Waals surface area contributed by atoms with Gasteiger partial charge in [0.05, 0.1) is 22.5 Å². The Hall–Kier alpha value is -1.50. The van der Waals surface area contributed by atoms with Crippen molar-refractivity contribution < 1.29 is 12.8 Å². The summed E-state index contributed by atoms with van der Waals surface area (Å²) in [5.41, 5.74) is 0.822. The van der Waals surface area contributed by atoms with Crippen molar-refractivity contribution in [2.45, 2.75) is 19.4 Å². The Morgan fingerprint density at radius 2 is 1.77 bits per heavy atom. The largest absolute Gasteiger partial charge is 0.255 e. The Morgan fingerprint density at radius 1 is 1.18 bits per heavy atom. The molecule has 0 aliphatic carbocycles. The zero-order chi connectivity index (χ0) is 16.5. The number of halogens is 2. The molecule has 0 atom stereocenters. The summed E-state index contributed by atoms with van der Waals surface area (Å²) in [5.74, 6) is -0.352. The van der Waals surface area contributed by atoms with Gasteiger partial charge in [-0.2, -0.15) is 0 Å². The lowest BCUT2D eigenvalue weighted by Gasteiger charge is -2.27. The number of nitrogens with zero attached hydrogens (tertiary/aromatic N) is 1. The molecule has 1 aromatic heterocycles. The van der Waals surface area contributed by atoms with Gasteiger partial charge in [0.2, 0.25) is 10.0 Å². The Labute approximate surface area is 134 Å². The molecule has 118 valence electrons. The third kappa shape index (κ3) is 3.82. The van der Waals surface area contributed by atoms with Gasteiger partial charge in [0.15, 0.2) is 0 Å². The predicted octanol–water partition coefficient (Wildman–Crippen LogP) is 3.33. The van der Waals surface area contributed by atoms with Crippen LogP contribution >= 0.6 is 11.6 Å². The van der Waals surface area contributed by atoms with Gasteiger partial charge in [0, 0.05) is 11.8 Å². The highest BCUT2D eigenvalue weighted by Crippen LogP contribution is 2.34. The summed E-state index contributed by atoms with van der Waals surface area (Å²) < 4.78 is 38.6. The molecule has 0 saturated carbocycles. The van der Waals surface area contributed by atoms with Gasteiger partial charge in [0.25, 0.3) is 0 Å². The molecule has 0 spiro atoms. The SMILES string of the molecule is CC(C)(NS(C)(=O)=O)c1ccnc(-c2ccc(F)cc2)c1Cl. The number of benzene rings is 1. The minimum absolute atomic E-state index is 0.329. The molecule has 0 fully saturated rings. The molecule has 0 aliphatic rings. The van der Waals surface area contributed by atoms with E-state index in [0.717, 1.165) is 6.26 Å². The minimum atomic E-state index is -3.41. The first-order valence-electron chi connectivity index (χ1n) is 6.50. The summed E-state index contributed by atoms with van der Waals surface area (Å²) in [4.78, 5) is 4.22. The summed E-state index contributed by atoms with van der Waals surface area (Å²) in [6.45, 7) is 3.42. The van der Waals surface area contributed by atoms with E-state index in [1.54, 1.807) is 38.2 Å². The van der Waals surface area contributed by atoms with Crippen molar-refractivity contribution in [2.24, 2.45) is 0 Å². The van der Waals surface area contributed by atoms with Crippen LogP contribution in [-0.4, -0.2) is 19.7 Å². The van der Waals surface area contributed by atoms with E-state index in [9.17, 15) is 12.8 Å². The lowest BCUT2D eigenvalue weighted by atomic mass is 9.94. The maximum atomic E-state index is 13.0. The van der Waals surface area contributed by atoms with Gasteiger partial charge < -0.3 is 0 Å². The van der Waals surface area contributed by atoms with Crippen molar-refractivity contribution in [1.82, 2.24) is 9.71 Å². The number of hydrogen-bond acceptors (Lipinski definition) is 3. The molecule has 1 aromatic carbocycles. The number of rotatable bonds is 4. The van der Waals surface area contributed by atoms with Crippen molar-refractivity contribution >= 4 is 21.6 Å². The number of nitrogens with one attached hydrogen (secondary N) is 1. The average Bonchev–Trinajstić information content (AvgIpc) is 2.37. The van der Waals surface area contributed by atoms with Crippen LogP contribution in [-0.2, 0) is 15.6 Å². The number of aromatic nitrogens is 1. The first-order valence-corrected chi connectivity index (χ1v) is 8.77. The molecule has 1 N–H and O–H groups in total. The summed E-state index contributed by atoms with van der Waals surface area (Å²) in [6.07, 6.45) is 2.64. The van der Waals surface area contributed by atoms with E-state index in [1.165, 1.54) is 12.1 Å². The van der Waals surface area contributed by atoms with Crippen LogP contribution in [0.25, 0.3) is 11.3 Å². The fourth-order valence-corrected chi connectivity index (χ4v) is 3.75. The highest BCUT2D eigenvalue weighted by Gasteiger charge is 2.28. The summed E-state index contributed by atoms with van der Waals surface area (Å²) >= 11 is 6.41. The molecule has 0 radical (unpaired) electrons. The first-order chi connectivity index (χ1) is 10.1. The zero-order valence-corrected chi connectivity index (χ0v) is 14.0. The van der Waals surface area contributed by atoms with Crippen LogP contribution in [0.3, 0.4) is 0 Å².